The van der Waals surface area contributed by atoms with E-state index in [1.807, 2.05) is 0 Å². The third-order valence-electron chi connectivity index (χ3n) is 6.16. The standard InChI is InChI=1S/C27H29N3O6S/c31-20-21-15-17-29(18-16-21)26(32)19-28-27(33)22-11-13-25(14-12-22)37(34,35)30(23-7-3-1-4-8-23)36-24-9-5-2-6-10-24/h1-14,21,31H,15-20H2,(H,28,33). The minimum atomic E-state index is -4.14. The van der Waals surface area contributed by atoms with Gasteiger partial charge in [-0.3, -0.25) is 9.59 Å². The van der Waals surface area contributed by atoms with Crippen molar-refractivity contribution in [3.05, 3.63) is 90.5 Å². The highest BCUT2D eigenvalue weighted by atomic mass is 32.2. The molecule has 10 heteroatoms. The SMILES string of the molecule is O=C(NCC(=O)N1CCC(CO)CC1)c1ccc(S(=O)(=O)N(Oc2ccccc2)c2ccccc2)cc1. The minimum Gasteiger partial charge on any atom is -0.396 e. The number of nitrogens with zero attached hydrogens (tertiary/aromatic N) is 2. The Hall–Kier alpha value is -3.89. The molecule has 37 heavy (non-hydrogen) atoms. The molecular weight excluding hydrogens is 494 g/mol. The van der Waals surface area contributed by atoms with Gasteiger partial charge in [0, 0.05) is 25.3 Å². The van der Waals surface area contributed by atoms with Crippen LogP contribution in [0.4, 0.5) is 5.69 Å². The summed E-state index contributed by atoms with van der Waals surface area (Å²) in [7, 11) is -4.14. The number of hydrogen-bond acceptors (Lipinski definition) is 6. The number of likely N-dealkylation sites (tertiary alicyclic amines) is 1. The molecule has 3 aromatic carbocycles. The van der Waals surface area contributed by atoms with Crippen molar-refractivity contribution in [1.29, 1.82) is 0 Å². The second-order valence-corrected chi connectivity index (χ2v) is 10.4. The average Bonchev–Trinajstić information content (AvgIpc) is 2.95. The fourth-order valence-electron chi connectivity index (χ4n) is 3.98. The second kappa shape index (κ2) is 11.9. The third-order valence-corrected chi connectivity index (χ3v) is 7.75. The van der Waals surface area contributed by atoms with E-state index in [1.165, 1.54) is 24.3 Å². The van der Waals surface area contributed by atoms with Gasteiger partial charge in [0.05, 0.1) is 17.1 Å². The first-order chi connectivity index (χ1) is 17.9. The summed E-state index contributed by atoms with van der Waals surface area (Å²) < 4.78 is 27.8. The highest BCUT2D eigenvalue weighted by Crippen LogP contribution is 2.26. The van der Waals surface area contributed by atoms with E-state index in [0.717, 1.165) is 17.3 Å². The Morgan fingerprint density at radius 2 is 1.51 bits per heavy atom. The van der Waals surface area contributed by atoms with E-state index >= 15 is 0 Å². The number of nitrogens with one attached hydrogen (secondary N) is 1. The van der Waals surface area contributed by atoms with Crippen LogP contribution < -0.4 is 14.6 Å². The molecule has 0 atom stereocenters. The number of piperidine rings is 1. The van der Waals surface area contributed by atoms with Gasteiger partial charge >= 0.3 is 0 Å². The van der Waals surface area contributed by atoms with Gasteiger partial charge < -0.3 is 20.2 Å². The molecule has 1 fully saturated rings. The van der Waals surface area contributed by atoms with Gasteiger partial charge in [0.25, 0.3) is 15.9 Å². The van der Waals surface area contributed by atoms with Gasteiger partial charge in [0.2, 0.25) is 5.91 Å². The van der Waals surface area contributed by atoms with E-state index in [-0.39, 0.29) is 35.4 Å². The number of hydrogen-bond donors (Lipinski definition) is 2. The first kappa shape index (κ1) is 26.2. The number of aliphatic hydroxyl groups excluding tert-OH is 1. The van der Waals surface area contributed by atoms with Gasteiger partial charge in [-0.1, -0.05) is 40.9 Å². The predicted octanol–water partition coefficient (Wildman–Crippen LogP) is 2.84. The normalized spacial score (nSPS) is 14.1. The Kier molecular flexibility index (Phi) is 8.42. The summed E-state index contributed by atoms with van der Waals surface area (Å²) in [6.45, 7) is 1.06. The highest BCUT2D eigenvalue weighted by molar-refractivity contribution is 7.92. The number of rotatable bonds is 9. The summed E-state index contributed by atoms with van der Waals surface area (Å²) >= 11 is 0. The van der Waals surface area contributed by atoms with Crippen molar-refractivity contribution in [2.45, 2.75) is 17.7 Å². The van der Waals surface area contributed by atoms with Crippen molar-refractivity contribution in [1.82, 2.24) is 10.2 Å². The molecule has 0 spiro atoms. The van der Waals surface area contributed by atoms with E-state index < -0.39 is 15.9 Å². The predicted molar refractivity (Wildman–Crippen MR) is 138 cm³/mol. The summed E-state index contributed by atoms with van der Waals surface area (Å²) in [5.41, 5.74) is 0.538. The number of para-hydroxylation sites is 2. The van der Waals surface area contributed by atoms with E-state index in [0.29, 0.717) is 24.5 Å². The summed E-state index contributed by atoms with van der Waals surface area (Å²) in [5.74, 6) is -0.121. The Bertz CT molecular complexity index is 1290. The number of carbonyl (C=O) groups excluding carboxylic acids is 2. The monoisotopic (exact) mass is 523 g/mol. The van der Waals surface area contributed by atoms with Gasteiger partial charge in [-0.05, 0) is 67.3 Å². The lowest BCUT2D eigenvalue weighted by atomic mass is 9.98. The minimum absolute atomic E-state index is 0.0633. The zero-order valence-corrected chi connectivity index (χ0v) is 21.0. The molecule has 4 rings (SSSR count). The zero-order valence-electron chi connectivity index (χ0n) is 20.2. The third kappa shape index (κ3) is 6.46. The van der Waals surface area contributed by atoms with E-state index in [4.69, 9.17) is 4.84 Å². The summed E-state index contributed by atoms with van der Waals surface area (Å²) in [6, 6.07) is 22.4. The zero-order chi connectivity index (χ0) is 26.3. The lowest BCUT2D eigenvalue weighted by Gasteiger charge is -2.31. The molecule has 194 valence electrons. The van der Waals surface area contributed by atoms with Crippen molar-refractivity contribution in [2.24, 2.45) is 5.92 Å². The number of carbonyl (C=O) groups is 2. The fourth-order valence-corrected chi connectivity index (χ4v) is 5.23. The van der Waals surface area contributed by atoms with Crippen LogP contribution >= 0.6 is 0 Å². The Morgan fingerprint density at radius 3 is 2.11 bits per heavy atom. The molecule has 9 nitrogen and oxygen atoms in total. The van der Waals surface area contributed by atoms with Crippen molar-refractivity contribution in [2.75, 3.05) is 30.7 Å². The summed E-state index contributed by atoms with van der Waals surface area (Å²) in [6.07, 6.45) is 1.47. The van der Waals surface area contributed by atoms with Crippen molar-refractivity contribution >= 4 is 27.5 Å². The Morgan fingerprint density at radius 1 is 0.919 bits per heavy atom. The van der Waals surface area contributed by atoms with Crippen LogP contribution in [0.2, 0.25) is 0 Å². The van der Waals surface area contributed by atoms with E-state index in [2.05, 4.69) is 5.32 Å². The number of sulfonamides is 1. The maximum Gasteiger partial charge on any atom is 0.295 e. The molecule has 1 aliphatic rings. The van der Waals surface area contributed by atoms with Crippen LogP contribution in [-0.2, 0) is 14.8 Å². The van der Waals surface area contributed by atoms with Gasteiger partial charge in [-0.2, -0.15) is 8.42 Å². The van der Waals surface area contributed by atoms with Gasteiger partial charge in [0.1, 0.15) is 0 Å². The molecule has 0 saturated carbocycles. The van der Waals surface area contributed by atoms with Crippen molar-refractivity contribution < 1.29 is 28.0 Å². The molecule has 0 unspecified atom stereocenters. The molecule has 2 N–H and O–H groups in total. The molecule has 0 aliphatic carbocycles. The number of amides is 2. The number of aliphatic hydroxyl groups is 1. The molecule has 1 heterocycles. The largest absolute Gasteiger partial charge is 0.396 e. The molecular formula is C27H29N3O6S. The fraction of sp³-hybridized carbons (Fsp3) is 0.259. The van der Waals surface area contributed by atoms with Crippen LogP contribution in [0.25, 0.3) is 0 Å². The maximum absolute atomic E-state index is 13.5. The van der Waals surface area contributed by atoms with Crippen LogP contribution in [0.15, 0.2) is 89.8 Å². The van der Waals surface area contributed by atoms with Crippen LogP contribution in [0.1, 0.15) is 23.2 Å². The van der Waals surface area contributed by atoms with Crippen molar-refractivity contribution in [3.63, 3.8) is 0 Å². The molecule has 2 amide bonds. The van der Waals surface area contributed by atoms with Crippen molar-refractivity contribution in [3.8, 4) is 5.75 Å². The molecule has 3 aromatic rings. The lowest BCUT2D eigenvalue weighted by Crippen LogP contribution is -2.44. The molecule has 0 bridgehead atoms. The quantitative estimate of drug-likeness (QED) is 0.417. The summed E-state index contributed by atoms with van der Waals surface area (Å²) in [5, 5.41) is 11.8. The van der Waals surface area contributed by atoms with Crippen LogP contribution in [0.3, 0.4) is 0 Å². The van der Waals surface area contributed by atoms with Gasteiger partial charge in [0.15, 0.2) is 5.75 Å². The molecule has 0 radical (unpaired) electrons. The van der Waals surface area contributed by atoms with E-state index in [9.17, 15) is 23.1 Å². The molecule has 0 aromatic heterocycles. The Balaban J connectivity index is 1.44. The van der Waals surface area contributed by atoms with E-state index in [1.54, 1.807) is 65.6 Å². The first-order valence-electron chi connectivity index (χ1n) is 12.0. The summed E-state index contributed by atoms with van der Waals surface area (Å²) in [4.78, 5) is 32.4. The average molecular weight is 524 g/mol. The van der Waals surface area contributed by atoms with Crippen LogP contribution in [-0.4, -0.2) is 56.5 Å². The number of anilines is 1. The van der Waals surface area contributed by atoms with Gasteiger partial charge in [-0.15, -0.1) is 0 Å². The second-order valence-electron chi connectivity index (χ2n) is 8.69. The van der Waals surface area contributed by atoms with Gasteiger partial charge in [-0.25, -0.2) is 0 Å². The Labute approximate surface area is 216 Å². The smallest absolute Gasteiger partial charge is 0.295 e. The molecule has 1 aliphatic heterocycles. The molecule has 1 saturated heterocycles. The van der Waals surface area contributed by atoms with Crippen LogP contribution in [0, 0.1) is 5.92 Å². The highest BCUT2D eigenvalue weighted by Gasteiger charge is 2.28. The maximum atomic E-state index is 13.5. The first-order valence-corrected chi connectivity index (χ1v) is 13.4. The van der Waals surface area contributed by atoms with Crippen LogP contribution in [0.5, 0.6) is 5.75 Å². The lowest BCUT2D eigenvalue weighted by molar-refractivity contribution is -0.131. The number of benzene rings is 3. The topological polar surface area (TPSA) is 116 Å².